The van der Waals surface area contributed by atoms with Crippen LogP contribution in [0.2, 0.25) is 0 Å². The molecule has 5 heteroatoms. The topological polar surface area (TPSA) is 55.4 Å². The van der Waals surface area contributed by atoms with Crippen molar-refractivity contribution in [2.75, 3.05) is 11.9 Å². The van der Waals surface area contributed by atoms with Gasteiger partial charge in [0.1, 0.15) is 0 Å². The van der Waals surface area contributed by atoms with Gasteiger partial charge in [0.2, 0.25) is 0 Å². The summed E-state index contributed by atoms with van der Waals surface area (Å²) in [4.78, 5) is 22.9. The highest BCUT2D eigenvalue weighted by Crippen LogP contribution is 2.38. The van der Waals surface area contributed by atoms with Crippen molar-refractivity contribution in [1.82, 2.24) is 0 Å². The Bertz CT molecular complexity index is 458. The van der Waals surface area contributed by atoms with Gasteiger partial charge in [-0.1, -0.05) is 22.9 Å². The summed E-state index contributed by atoms with van der Waals surface area (Å²) in [6.07, 6.45) is 0.868. The van der Waals surface area contributed by atoms with Gasteiger partial charge in [-0.2, -0.15) is 0 Å². The van der Waals surface area contributed by atoms with Crippen LogP contribution >= 0.6 is 15.9 Å². The Labute approximate surface area is 114 Å². The number of anilines is 1. The Balaban J connectivity index is 1.75. The van der Waals surface area contributed by atoms with Gasteiger partial charge in [-0.3, -0.25) is 9.59 Å². The summed E-state index contributed by atoms with van der Waals surface area (Å²) in [5.74, 6) is -0.204. The number of amides is 1. The summed E-state index contributed by atoms with van der Waals surface area (Å²) < 4.78 is 5.87. The fraction of sp³-hybridized carbons (Fsp3) is 0.385. The zero-order chi connectivity index (χ0) is 13.1. The van der Waals surface area contributed by atoms with E-state index in [0.29, 0.717) is 11.6 Å². The minimum atomic E-state index is -0.320. The number of halogens is 1. The molecule has 4 nitrogen and oxygen atoms in total. The lowest BCUT2D eigenvalue weighted by molar-refractivity contribution is -0.148. The highest BCUT2D eigenvalue weighted by atomic mass is 79.9. The molecule has 0 unspecified atom stereocenters. The fourth-order valence-electron chi connectivity index (χ4n) is 1.62. The molecule has 1 aliphatic rings. The van der Waals surface area contributed by atoms with Gasteiger partial charge in [0.25, 0.3) is 5.91 Å². The molecule has 0 heterocycles. The first-order chi connectivity index (χ1) is 8.56. The van der Waals surface area contributed by atoms with Gasteiger partial charge in [-0.15, -0.1) is 0 Å². The molecule has 0 bridgehead atoms. The molecule has 1 N–H and O–H groups in total. The van der Waals surface area contributed by atoms with E-state index in [1.165, 1.54) is 0 Å². The van der Waals surface area contributed by atoms with Gasteiger partial charge in [0, 0.05) is 10.2 Å². The molecule has 18 heavy (non-hydrogen) atoms. The molecule has 0 spiro atoms. The first-order valence-corrected chi connectivity index (χ1v) is 6.57. The lowest BCUT2D eigenvalue weighted by Gasteiger charge is -2.06. The van der Waals surface area contributed by atoms with Crippen LogP contribution in [0.25, 0.3) is 0 Å². The van der Waals surface area contributed by atoms with E-state index in [-0.39, 0.29) is 24.4 Å². The maximum Gasteiger partial charge on any atom is 0.309 e. The quantitative estimate of drug-likeness (QED) is 0.870. The second-order valence-corrected chi connectivity index (χ2v) is 5.40. The van der Waals surface area contributed by atoms with Gasteiger partial charge in [-0.25, -0.2) is 0 Å². The Hall–Kier alpha value is -1.36. The van der Waals surface area contributed by atoms with Crippen LogP contribution in [0, 0.1) is 11.8 Å². The number of carbonyl (C=O) groups excluding carboxylic acids is 2. The van der Waals surface area contributed by atoms with Crippen molar-refractivity contribution in [3.05, 3.63) is 28.7 Å². The average Bonchev–Trinajstić information content (AvgIpc) is 3.06. The van der Waals surface area contributed by atoms with Crippen molar-refractivity contribution >= 4 is 33.5 Å². The number of benzene rings is 1. The highest BCUT2D eigenvalue weighted by molar-refractivity contribution is 9.10. The third-order valence-electron chi connectivity index (χ3n) is 2.89. The van der Waals surface area contributed by atoms with E-state index in [1.54, 1.807) is 12.1 Å². The second kappa shape index (κ2) is 5.52. The molecule has 1 aliphatic carbocycles. The number of ether oxygens (including phenoxy) is 1. The molecular weight excluding hydrogens is 298 g/mol. The normalized spacial score (nSPS) is 21.2. The van der Waals surface area contributed by atoms with Crippen LogP contribution in [-0.2, 0) is 14.3 Å². The SMILES string of the molecule is C[C@@H]1C[C@H]1C(=O)OCC(=O)Nc1ccc(Br)cc1. The first-order valence-electron chi connectivity index (χ1n) is 5.78. The minimum Gasteiger partial charge on any atom is -0.455 e. The van der Waals surface area contributed by atoms with E-state index >= 15 is 0 Å². The molecule has 96 valence electrons. The Kier molecular flexibility index (Phi) is 4.01. The maximum absolute atomic E-state index is 11.5. The summed E-state index contributed by atoms with van der Waals surface area (Å²) in [7, 11) is 0. The molecule has 0 radical (unpaired) electrons. The Morgan fingerprint density at radius 2 is 2.00 bits per heavy atom. The van der Waals surface area contributed by atoms with Gasteiger partial charge in [0.15, 0.2) is 6.61 Å². The van der Waals surface area contributed by atoms with E-state index in [9.17, 15) is 9.59 Å². The minimum absolute atomic E-state index is 0.00881. The van der Waals surface area contributed by atoms with Gasteiger partial charge >= 0.3 is 5.97 Å². The van der Waals surface area contributed by atoms with Crippen molar-refractivity contribution in [1.29, 1.82) is 0 Å². The molecule has 0 aromatic heterocycles. The first kappa shape index (κ1) is 13.1. The van der Waals surface area contributed by atoms with Crippen LogP contribution in [0.4, 0.5) is 5.69 Å². The van der Waals surface area contributed by atoms with Crippen LogP contribution in [0.5, 0.6) is 0 Å². The van der Waals surface area contributed by atoms with Crippen LogP contribution in [0.15, 0.2) is 28.7 Å². The summed E-state index contributed by atoms with van der Waals surface area (Å²) in [6, 6.07) is 7.19. The molecule has 1 saturated carbocycles. The van der Waals surface area contributed by atoms with Crippen molar-refractivity contribution in [3.63, 3.8) is 0 Å². The zero-order valence-electron chi connectivity index (χ0n) is 9.98. The second-order valence-electron chi connectivity index (χ2n) is 4.48. The largest absolute Gasteiger partial charge is 0.455 e. The maximum atomic E-state index is 11.5. The van der Waals surface area contributed by atoms with E-state index < -0.39 is 0 Å². The average molecular weight is 312 g/mol. The lowest BCUT2D eigenvalue weighted by atomic mass is 10.3. The smallest absolute Gasteiger partial charge is 0.309 e. The van der Waals surface area contributed by atoms with Gasteiger partial charge in [-0.05, 0) is 36.6 Å². The fourth-order valence-corrected chi connectivity index (χ4v) is 1.89. The van der Waals surface area contributed by atoms with Crippen LogP contribution in [-0.4, -0.2) is 18.5 Å². The molecule has 0 aliphatic heterocycles. The number of hydrogen-bond acceptors (Lipinski definition) is 3. The number of nitrogens with one attached hydrogen (secondary N) is 1. The molecule has 1 fully saturated rings. The standard InChI is InChI=1S/C13H14BrNO3/c1-8-6-11(8)13(17)18-7-12(16)15-10-4-2-9(14)3-5-10/h2-5,8,11H,6-7H2,1H3,(H,15,16)/t8-,11-/m1/s1. The van der Waals surface area contributed by atoms with E-state index in [4.69, 9.17) is 4.74 Å². The molecule has 1 aromatic carbocycles. The zero-order valence-corrected chi connectivity index (χ0v) is 11.6. The van der Waals surface area contributed by atoms with Crippen LogP contribution < -0.4 is 5.32 Å². The number of rotatable bonds is 4. The van der Waals surface area contributed by atoms with Gasteiger partial charge in [0.05, 0.1) is 5.92 Å². The van der Waals surface area contributed by atoms with E-state index in [1.807, 2.05) is 19.1 Å². The Morgan fingerprint density at radius 1 is 1.39 bits per heavy atom. The summed E-state index contributed by atoms with van der Waals surface area (Å²) in [5.41, 5.74) is 0.680. The van der Waals surface area contributed by atoms with Gasteiger partial charge < -0.3 is 10.1 Å². The number of hydrogen-bond donors (Lipinski definition) is 1. The van der Waals surface area contributed by atoms with Crippen molar-refractivity contribution in [2.24, 2.45) is 11.8 Å². The molecular formula is C13H14BrNO3. The molecule has 2 rings (SSSR count). The summed E-state index contributed by atoms with van der Waals surface area (Å²) >= 11 is 3.31. The molecule has 2 atom stereocenters. The molecule has 1 amide bonds. The van der Waals surface area contributed by atoms with E-state index in [2.05, 4.69) is 21.2 Å². The Morgan fingerprint density at radius 3 is 2.56 bits per heavy atom. The lowest BCUT2D eigenvalue weighted by Crippen LogP contribution is -2.21. The highest BCUT2D eigenvalue weighted by Gasteiger charge is 2.40. The van der Waals surface area contributed by atoms with Crippen molar-refractivity contribution in [3.8, 4) is 0 Å². The van der Waals surface area contributed by atoms with E-state index in [0.717, 1.165) is 10.9 Å². The predicted octanol–water partition coefficient (Wildman–Crippen LogP) is 2.59. The third kappa shape index (κ3) is 3.57. The van der Waals surface area contributed by atoms with Crippen molar-refractivity contribution in [2.45, 2.75) is 13.3 Å². The third-order valence-corrected chi connectivity index (χ3v) is 3.41. The molecule has 1 aromatic rings. The van der Waals surface area contributed by atoms with Crippen molar-refractivity contribution < 1.29 is 14.3 Å². The molecule has 0 saturated heterocycles. The predicted molar refractivity (Wildman–Crippen MR) is 71.0 cm³/mol. The van der Waals surface area contributed by atoms with Crippen LogP contribution in [0.3, 0.4) is 0 Å². The van der Waals surface area contributed by atoms with Crippen LogP contribution in [0.1, 0.15) is 13.3 Å². The number of carbonyl (C=O) groups is 2. The monoisotopic (exact) mass is 311 g/mol. The summed E-state index contributed by atoms with van der Waals surface area (Å²) in [6.45, 7) is 1.77. The number of esters is 1. The summed E-state index contributed by atoms with van der Waals surface area (Å²) in [5, 5.41) is 2.66.